The molecule has 0 aromatic carbocycles. The van der Waals surface area contributed by atoms with Crippen molar-refractivity contribution in [3.63, 3.8) is 0 Å². The summed E-state index contributed by atoms with van der Waals surface area (Å²) in [6.07, 6.45) is 72.6. The predicted octanol–water partition coefficient (Wildman–Crippen LogP) is 18.8. The summed E-state index contributed by atoms with van der Waals surface area (Å²) in [6.45, 7) is 6.71. The van der Waals surface area contributed by atoms with Crippen molar-refractivity contribution in [2.75, 3.05) is 40.9 Å². The fraction of sp³-hybridized carbons (Fsp3) is 0.758. The lowest BCUT2D eigenvalue weighted by Gasteiger charge is -2.30. The first-order valence-corrected chi connectivity index (χ1v) is 32.9. The van der Waals surface area contributed by atoms with Gasteiger partial charge < -0.3 is 28.5 Å². The van der Waals surface area contributed by atoms with Crippen LogP contribution in [-0.2, 0) is 27.9 Å². The minimum atomic E-state index is -4.71. The van der Waals surface area contributed by atoms with E-state index in [9.17, 15) is 19.0 Å². The Bertz CT molecular complexity index is 1580. The highest BCUT2D eigenvalue weighted by Crippen LogP contribution is 2.38. The van der Waals surface area contributed by atoms with Gasteiger partial charge in [-0.05, 0) is 102 Å². The largest absolute Gasteiger partial charge is 0.756 e. The average molecular weight is 1080 g/mol. The van der Waals surface area contributed by atoms with Crippen molar-refractivity contribution in [1.29, 1.82) is 0 Å². The van der Waals surface area contributed by atoms with Gasteiger partial charge in [0, 0.05) is 12.8 Å². The summed E-state index contributed by atoms with van der Waals surface area (Å²) < 4.78 is 30.3. The summed E-state index contributed by atoms with van der Waals surface area (Å²) in [6, 6.07) is -0.902. The number of quaternary nitrogens is 1. The van der Waals surface area contributed by atoms with E-state index in [-0.39, 0.29) is 24.9 Å². The first kappa shape index (κ1) is 73.2. The van der Waals surface area contributed by atoms with Gasteiger partial charge in [0.1, 0.15) is 19.3 Å². The Morgan fingerprint density at radius 2 is 0.842 bits per heavy atom. The number of phosphoric ester groups is 1. The van der Waals surface area contributed by atoms with Crippen LogP contribution in [0.25, 0.3) is 0 Å². The van der Waals surface area contributed by atoms with Crippen LogP contribution in [0.15, 0.2) is 85.1 Å². The molecule has 0 heterocycles. The number of hydrogen-bond donors (Lipinski definition) is 1. The molecule has 0 saturated carbocycles. The Hall–Kier alpha value is -2.81. The van der Waals surface area contributed by atoms with E-state index in [2.05, 4.69) is 99.0 Å². The lowest BCUT2D eigenvalue weighted by atomic mass is 10.0. The van der Waals surface area contributed by atoms with Crippen LogP contribution < -0.4 is 10.2 Å². The summed E-state index contributed by atoms with van der Waals surface area (Å²) in [4.78, 5) is 40.0. The van der Waals surface area contributed by atoms with Gasteiger partial charge in [-0.25, -0.2) is 0 Å². The monoisotopic (exact) mass is 1080 g/mol. The van der Waals surface area contributed by atoms with Crippen molar-refractivity contribution in [2.45, 2.75) is 283 Å². The molecule has 0 aromatic rings. The third-order valence-corrected chi connectivity index (χ3v) is 14.5. The topological polar surface area (TPSA) is 114 Å². The van der Waals surface area contributed by atoms with Crippen molar-refractivity contribution in [1.82, 2.24) is 5.32 Å². The van der Waals surface area contributed by atoms with Crippen molar-refractivity contribution in [3.05, 3.63) is 85.1 Å². The number of esters is 1. The third kappa shape index (κ3) is 55.9. The van der Waals surface area contributed by atoms with Gasteiger partial charge in [0.15, 0.2) is 0 Å². The molecule has 0 aliphatic carbocycles. The molecule has 0 radical (unpaired) electrons. The number of rotatable bonds is 56. The van der Waals surface area contributed by atoms with Crippen LogP contribution >= 0.6 is 7.82 Å². The van der Waals surface area contributed by atoms with Gasteiger partial charge in [-0.2, -0.15) is 0 Å². The second kappa shape index (κ2) is 55.5. The summed E-state index contributed by atoms with van der Waals surface area (Å²) in [5, 5.41) is 3.02. The maximum atomic E-state index is 13.5. The molecule has 9 nitrogen and oxygen atoms in total. The van der Waals surface area contributed by atoms with E-state index in [1.54, 1.807) is 0 Å². The minimum Gasteiger partial charge on any atom is -0.756 e. The number of nitrogens with zero attached hydrogens (tertiary/aromatic N) is 1. The molecular weight excluding hydrogens is 964 g/mol. The van der Waals surface area contributed by atoms with E-state index in [0.29, 0.717) is 23.9 Å². The van der Waals surface area contributed by atoms with E-state index in [1.807, 2.05) is 33.3 Å². The Balaban J connectivity index is 5.29. The molecule has 0 fully saturated rings. The quantitative estimate of drug-likeness (QED) is 0.0212. The molecule has 0 bridgehead atoms. The Morgan fingerprint density at radius 3 is 1.28 bits per heavy atom. The number of amides is 1. The molecule has 0 rings (SSSR count). The molecule has 10 heteroatoms. The van der Waals surface area contributed by atoms with Crippen LogP contribution in [0.3, 0.4) is 0 Å². The summed E-state index contributed by atoms with van der Waals surface area (Å²) in [5.74, 6) is -0.568. The van der Waals surface area contributed by atoms with Gasteiger partial charge in [-0.1, -0.05) is 241 Å². The van der Waals surface area contributed by atoms with Crippen LogP contribution in [0.4, 0.5) is 0 Å². The van der Waals surface area contributed by atoms with Crippen LogP contribution in [0.1, 0.15) is 271 Å². The fourth-order valence-electron chi connectivity index (χ4n) is 8.72. The maximum Gasteiger partial charge on any atom is 0.306 e. The standard InChI is InChI=1S/C66H119N2O7P/c1-7-10-13-16-19-22-25-28-30-32-33-34-35-37-39-41-44-47-50-53-56-59-66(70)75-64(57-54-51-48-45-42-27-24-21-18-15-12-9-3)63(62-74-76(71,72)73-61-60-68(4,5)6)67-65(69)58-55-52-49-46-43-40-38-36-31-29-26-23-20-17-14-11-8-2/h10,13,19,22,28-31,33-34,37,39,54,57,63-64H,7-9,11-12,14-18,20-21,23-27,32,35-36,38,40-53,55-56,58-62H2,1-6H3,(H-,67,69,71,72)/b13-10-,22-19-,30-28-,31-29+,34-33-,39-37-,57-54+. The van der Waals surface area contributed by atoms with Crippen molar-refractivity contribution in [2.24, 2.45) is 0 Å². The zero-order valence-corrected chi connectivity index (χ0v) is 51.1. The summed E-state index contributed by atoms with van der Waals surface area (Å²) >= 11 is 0. The number of carbonyl (C=O) groups excluding carboxylic acids is 2. The second-order valence-corrected chi connectivity index (χ2v) is 23.6. The Kier molecular flexibility index (Phi) is 53.5. The van der Waals surface area contributed by atoms with E-state index in [4.69, 9.17) is 13.8 Å². The lowest BCUT2D eigenvalue weighted by molar-refractivity contribution is -0.870. The molecule has 0 aromatic heterocycles. The normalized spacial score (nSPS) is 14.2. The van der Waals surface area contributed by atoms with Crippen LogP contribution in [-0.4, -0.2) is 69.4 Å². The van der Waals surface area contributed by atoms with Crippen molar-refractivity contribution >= 4 is 19.7 Å². The van der Waals surface area contributed by atoms with Crippen LogP contribution in [0, 0.1) is 0 Å². The van der Waals surface area contributed by atoms with Crippen molar-refractivity contribution < 1.29 is 37.3 Å². The highest BCUT2D eigenvalue weighted by molar-refractivity contribution is 7.45. The molecule has 1 amide bonds. The highest BCUT2D eigenvalue weighted by atomic mass is 31.2. The number of unbranched alkanes of at least 4 members (excludes halogenated alkanes) is 28. The van der Waals surface area contributed by atoms with Gasteiger partial charge in [0.05, 0.1) is 33.8 Å². The Labute approximate surface area is 469 Å². The number of nitrogens with one attached hydrogen (secondary N) is 1. The lowest BCUT2D eigenvalue weighted by Crippen LogP contribution is -2.47. The maximum absolute atomic E-state index is 13.5. The third-order valence-electron chi connectivity index (χ3n) is 13.6. The molecule has 3 unspecified atom stereocenters. The molecule has 0 aliphatic heterocycles. The van der Waals surface area contributed by atoms with Gasteiger partial charge in [0.25, 0.3) is 7.82 Å². The number of allylic oxidation sites excluding steroid dienone is 13. The smallest absolute Gasteiger partial charge is 0.306 e. The molecule has 440 valence electrons. The molecule has 0 aliphatic rings. The molecular formula is C66H119N2O7P. The summed E-state index contributed by atoms with van der Waals surface area (Å²) in [5.41, 5.74) is 0. The molecule has 0 saturated heterocycles. The second-order valence-electron chi connectivity index (χ2n) is 22.2. The van der Waals surface area contributed by atoms with E-state index < -0.39 is 26.6 Å². The van der Waals surface area contributed by atoms with Crippen LogP contribution in [0.2, 0.25) is 0 Å². The van der Waals surface area contributed by atoms with E-state index in [0.717, 1.165) is 116 Å². The van der Waals surface area contributed by atoms with Crippen molar-refractivity contribution in [3.8, 4) is 0 Å². The Morgan fingerprint density at radius 1 is 0.474 bits per heavy atom. The number of hydrogen-bond acceptors (Lipinski definition) is 7. The van der Waals surface area contributed by atoms with Gasteiger partial charge in [0.2, 0.25) is 5.91 Å². The van der Waals surface area contributed by atoms with Gasteiger partial charge in [-0.3, -0.25) is 14.2 Å². The van der Waals surface area contributed by atoms with Crippen LogP contribution in [0.5, 0.6) is 0 Å². The molecule has 3 atom stereocenters. The summed E-state index contributed by atoms with van der Waals surface area (Å²) in [7, 11) is 1.16. The number of phosphoric acid groups is 1. The van der Waals surface area contributed by atoms with Gasteiger partial charge in [-0.15, -0.1) is 0 Å². The number of likely N-dealkylation sites (N-methyl/N-ethyl adjacent to an activating group) is 1. The minimum absolute atomic E-state index is 0.0295. The SMILES string of the molecule is CC/C=C\C/C=C\C/C=C\C/C=C\C/C=C\CCCCCCCC(=O)OC(/C=C/CCCCCCCCCCCC)C(COP(=O)([O-])OCC[N+](C)(C)C)NC(=O)CCCCCCCCC/C=C/CCCCCCCC. The molecule has 0 spiro atoms. The number of ether oxygens (including phenoxy) is 1. The first-order chi connectivity index (χ1) is 36.9. The van der Waals surface area contributed by atoms with E-state index >= 15 is 0 Å². The molecule has 76 heavy (non-hydrogen) atoms. The molecule has 1 N–H and O–H groups in total. The first-order valence-electron chi connectivity index (χ1n) is 31.4. The fourth-order valence-corrected chi connectivity index (χ4v) is 9.44. The average Bonchev–Trinajstić information content (AvgIpc) is 3.38. The number of carbonyl (C=O) groups is 2. The predicted molar refractivity (Wildman–Crippen MR) is 325 cm³/mol. The highest BCUT2D eigenvalue weighted by Gasteiger charge is 2.27. The zero-order chi connectivity index (χ0) is 55.7. The van der Waals surface area contributed by atoms with Gasteiger partial charge >= 0.3 is 5.97 Å². The zero-order valence-electron chi connectivity index (χ0n) is 50.2. The van der Waals surface area contributed by atoms with E-state index in [1.165, 1.54) is 116 Å².